The van der Waals surface area contributed by atoms with Gasteiger partial charge in [-0.15, -0.1) is 0 Å². The van der Waals surface area contributed by atoms with Gasteiger partial charge in [0.25, 0.3) is 0 Å². The van der Waals surface area contributed by atoms with Gasteiger partial charge in [-0.05, 0) is 50.3 Å². The zero-order chi connectivity index (χ0) is 17.9. The molecule has 1 saturated carbocycles. The lowest BCUT2D eigenvalue weighted by Gasteiger charge is -2.39. The molecule has 0 spiro atoms. The summed E-state index contributed by atoms with van der Waals surface area (Å²) in [5.74, 6) is 0.861. The summed E-state index contributed by atoms with van der Waals surface area (Å²) in [4.78, 5) is 11.4. The van der Waals surface area contributed by atoms with E-state index in [9.17, 15) is 5.26 Å². The van der Waals surface area contributed by atoms with E-state index in [2.05, 4.69) is 26.3 Å². The second-order valence-electron chi connectivity index (χ2n) is 7.26. The predicted molar refractivity (Wildman–Crippen MR) is 101 cm³/mol. The second-order valence-corrected chi connectivity index (χ2v) is 7.26. The van der Waals surface area contributed by atoms with Crippen molar-refractivity contribution in [1.29, 1.82) is 5.26 Å². The van der Waals surface area contributed by atoms with Gasteiger partial charge in [-0.25, -0.2) is 9.97 Å². The van der Waals surface area contributed by atoms with E-state index in [0.717, 1.165) is 61.4 Å². The molecule has 2 aromatic rings. The Morgan fingerprint density at radius 3 is 2.65 bits per heavy atom. The third-order valence-electron chi connectivity index (χ3n) is 5.78. The first-order valence-corrected chi connectivity index (χ1v) is 9.49. The second kappa shape index (κ2) is 7.56. The van der Waals surface area contributed by atoms with Crippen LogP contribution >= 0.6 is 0 Å². The van der Waals surface area contributed by atoms with Crippen molar-refractivity contribution in [3.8, 4) is 6.07 Å². The molecule has 1 aliphatic carbocycles. The van der Waals surface area contributed by atoms with Crippen LogP contribution in [0.5, 0.6) is 0 Å². The molecule has 1 aliphatic heterocycles. The molecule has 1 saturated heterocycles. The lowest BCUT2D eigenvalue weighted by molar-refractivity contribution is 0.00791. The Balaban J connectivity index is 1.47. The molecule has 1 N–H and O–H groups in total. The number of hydrogen-bond acceptors (Lipinski definition) is 6. The summed E-state index contributed by atoms with van der Waals surface area (Å²) < 4.78 is 5.47. The number of nitrogens with one attached hydrogen (secondary N) is 1. The molecule has 6 nitrogen and oxygen atoms in total. The number of hydrogen-bond donors (Lipinski definition) is 1. The maximum absolute atomic E-state index is 9.32. The van der Waals surface area contributed by atoms with Gasteiger partial charge >= 0.3 is 0 Å². The van der Waals surface area contributed by atoms with Crippen LogP contribution in [0.1, 0.15) is 36.8 Å². The number of anilines is 1. The van der Waals surface area contributed by atoms with Gasteiger partial charge < -0.3 is 10.1 Å². The van der Waals surface area contributed by atoms with Crippen LogP contribution in [0.4, 0.5) is 5.82 Å². The molecular formula is C20H25N5O. The van der Waals surface area contributed by atoms with Gasteiger partial charge in [0, 0.05) is 30.6 Å². The van der Waals surface area contributed by atoms with Crippen LogP contribution in [-0.4, -0.2) is 53.3 Å². The first-order chi connectivity index (χ1) is 12.8. The van der Waals surface area contributed by atoms with Crippen molar-refractivity contribution in [2.75, 3.05) is 31.6 Å². The summed E-state index contributed by atoms with van der Waals surface area (Å²) in [7, 11) is 0. The topological polar surface area (TPSA) is 74.1 Å². The molecule has 26 heavy (non-hydrogen) atoms. The maximum Gasteiger partial charge on any atom is 0.137 e. The molecule has 1 aromatic heterocycles. The summed E-state index contributed by atoms with van der Waals surface area (Å²) in [6.07, 6.45) is 6.32. The van der Waals surface area contributed by atoms with Crippen LogP contribution < -0.4 is 5.32 Å². The Morgan fingerprint density at radius 2 is 1.92 bits per heavy atom. The van der Waals surface area contributed by atoms with Gasteiger partial charge in [-0.1, -0.05) is 0 Å². The van der Waals surface area contributed by atoms with Crippen LogP contribution in [0.3, 0.4) is 0 Å². The highest BCUT2D eigenvalue weighted by atomic mass is 16.5. The Labute approximate surface area is 154 Å². The minimum atomic E-state index is 0.426. The standard InChI is InChI=1S/C20H25N5O/c1-14-15(12-21)2-7-18-19(14)20(23-13-22-18)24-16-3-5-17(6-4-16)25-8-10-26-11-9-25/h2,7,13,16-17H,3-6,8-11H2,1H3,(H,22,23,24)/t16-,17-. The lowest BCUT2D eigenvalue weighted by Crippen LogP contribution is -2.46. The fourth-order valence-corrected chi connectivity index (χ4v) is 4.27. The fraction of sp³-hybridized carbons (Fsp3) is 0.550. The molecular weight excluding hydrogens is 326 g/mol. The zero-order valence-electron chi connectivity index (χ0n) is 15.2. The third-order valence-corrected chi connectivity index (χ3v) is 5.78. The number of ether oxygens (including phenoxy) is 1. The minimum Gasteiger partial charge on any atom is -0.379 e. The number of nitriles is 1. The predicted octanol–water partition coefficient (Wildman–Crippen LogP) is 2.87. The van der Waals surface area contributed by atoms with Crippen molar-refractivity contribution in [3.63, 3.8) is 0 Å². The maximum atomic E-state index is 9.32. The molecule has 136 valence electrons. The van der Waals surface area contributed by atoms with E-state index in [4.69, 9.17) is 4.74 Å². The van der Waals surface area contributed by atoms with Gasteiger partial charge in [0.2, 0.25) is 0 Å². The van der Waals surface area contributed by atoms with Gasteiger partial charge in [0.05, 0.1) is 30.4 Å². The molecule has 1 aromatic carbocycles. The van der Waals surface area contributed by atoms with Gasteiger partial charge in [-0.2, -0.15) is 5.26 Å². The minimum absolute atomic E-state index is 0.426. The van der Waals surface area contributed by atoms with Crippen molar-refractivity contribution in [2.45, 2.75) is 44.7 Å². The van der Waals surface area contributed by atoms with E-state index in [-0.39, 0.29) is 0 Å². The molecule has 0 atom stereocenters. The number of aromatic nitrogens is 2. The molecule has 2 aliphatic rings. The highest BCUT2D eigenvalue weighted by Gasteiger charge is 2.27. The number of fused-ring (bicyclic) bond motifs is 1. The van der Waals surface area contributed by atoms with E-state index >= 15 is 0 Å². The van der Waals surface area contributed by atoms with Gasteiger partial charge in [-0.3, -0.25) is 4.90 Å². The van der Waals surface area contributed by atoms with Gasteiger partial charge in [0.1, 0.15) is 12.1 Å². The van der Waals surface area contributed by atoms with Crippen molar-refractivity contribution >= 4 is 16.7 Å². The Kier molecular flexibility index (Phi) is 5.00. The smallest absolute Gasteiger partial charge is 0.137 e. The van der Waals surface area contributed by atoms with E-state index in [1.165, 1.54) is 12.8 Å². The first kappa shape index (κ1) is 17.2. The Hall–Kier alpha value is -2.23. The van der Waals surface area contributed by atoms with Crippen molar-refractivity contribution in [2.24, 2.45) is 0 Å². The van der Waals surface area contributed by atoms with Crippen molar-refractivity contribution in [3.05, 3.63) is 29.6 Å². The number of benzene rings is 1. The molecule has 2 heterocycles. The molecule has 0 unspecified atom stereocenters. The average molecular weight is 351 g/mol. The highest BCUT2D eigenvalue weighted by molar-refractivity contribution is 5.93. The molecule has 0 radical (unpaired) electrons. The Morgan fingerprint density at radius 1 is 1.15 bits per heavy atom. The summed E-state index contributed by atoms with van der Waals surface area (Å²) in [6, 6.07) is 7.12. The largest absolute Gasteiger partial charge is 0.379 e. The van der Waals surface area contributed by atoms with Crippen molar-refractivity contribution < 1.29 is 4.74 Å². The van der Waals surface area contributed by atoms with Crippen molar-refractivity contribution in [1.82, 2.24) is 14.9 Å². The van der Waals surface area contributed by atoms with Crippen LogP contribution in [0, 0.1) is 18.3 Å². The number of nitrogens with zero attached hydrogens (tertiary/aromatic N) is 4. The number of rotatable bonds is 3. The SMILES string of the molecule is Cc1c(C#N)ccc2ncnc(N[C@H]3CC[C@H](N4CCOCC4)CC3)c12. The summed E-state index contributed by atoms with van der Waals surface area (Å²) in [5, 5.41) is 13.9. The number of morpholine rings is 1. The quantitative estimate of drug-likeness (QED) is 0.916. The lowest BCUT2D eigenvalue weighted by atomic mass is 9.89. The van der Waals surface area contributed by atoms with Crippen LogP contribution in [0.25, 0.3) is 10.9 Å². The van der Waals surface area contributed by atoms with E-state index in [1.54, 1.807) is 6.33 Å². The molecule has 0 bridgehead atoms. The number of aryl methyl sites for hydroxylation is 1. The summed E-state index contributed by atoms with van der Waals surface area (Å²) in [6.45, 7) is 5.84. The monoisotopic (exact) mass is 351 g/mol. The first-order valence-electron chi connectivity index (χ1n) is 9.49. The molecule has 2 fully saturated rings. The Bertz CT molecular complexity index is 817. The van der Waals surface area contributed by atoms with E-state index in [0.29, 0.717) is 17.6 Å². The molecule has 0 amide bonds. The summed E-state index contributed by atoms with van der Waals surface area (Å²) >= 11 is 0. The van der Waals surface area contributed by atoms with Gasteiger partial charge in [0.15, 0.2) is 0 Å². The third kappa shape index (κ3) is 3.37. The summed E-state index contributed by atoms with van der Waals surface area (Å²) in [5.41, 5.74) is 2.53. The normalized spacial score (nSPS) is 24.3. The fourth-order valence-electron chi connectivity index (χ4n) is 4.27. The van der Waals surface area contributed by atoms with Crippen LogP contribution in [-0.2, 0) is 4.74 Å². The molecule has 4 rings (SSSR count). The van der Waals surface area contributed by atoms with Crippen LogP contribution in [0.15, 0.2) is 18.5 Å². The van der Waals surface area contributed by atoms with E-state index < -0.39 is 0 Å². The zero-order valence-corrected chi connectivity index (χ0v) is 15.2. The highest BCUT2D eigenvalue weighted by Crippen LogP contribution is 2.30. The molecule has 6 heteroatoms. The average Bonchev–Trinajstić information content (AvgIpc) is 2.70. The van der Waals surface area contributed by atoms with E-state index in [1.807, 2.05) is 19.1 Å². The van der Waals surface area contributed by atoms with Crippen LogP contribution in [0.2, 0.25) is 0 Å².